The molecule has 1 aromatic carbocycles. The standard InChI is InChI=1S/C18H28O2/c1-4-6-7-8-9-10-15-19-16(3)20-18-13-11-17(5-2)12-14-18/h5,11-14,16H,2,4,6-10,15H2,1,3H3. The van der Waals surface area contributed by atoms with Crippen LogP contribution in [0.25, 0.3) is 6.08 Å². The van der Waals surface area contributed by atoms with Crippen molar-refractivity contribution in [2.24, 2.45) is 0 Å². The van der Waals surface area contributed by atoms with Gasteiger partial charge in [0.25, 0.3) is 0 Å². The Labute approximate surface area is 123 Å². The first-order chi connectivity index (χ1) is 9.76. The van der Waals surface area contributed by atoms with Crippen molar-refractivity contribution in [3.8, 4) is 5.75 Å². The zero-order valence-electron chi connectivity index (χ0n) is 12.9. The molecular formula is C18H28O2. The van der Waals surface area contributed by atoms with Crippen molar-refractivity contribution < 1.29 is 9.47 Å². The second kappa shape index (κ2) is 10.5. The molecule has 0 N–H and O–H groups in total. The van der Waals surface area contributed by atoms with E-state index in [2.05, 4.69) is 13.5 Å². The SMILES string of the molecule is C=Cc1ccc(OC(C)OCCCCCCCC)cc1. The quantitative estimate of drug-likeness (QED) is 0.396. The van der Waals surface area contributed by atoms with E-state index in [1.165, 1.54) is 32.1 Å². The molecule has 0 heterocycles. The molecule has 0 fully saturated rings. The van der Waals surface area contributed by atoms with Crippen molar-refractivity contribution in [2.75, 3.05) is 6.61 Å². The highest BCUT2D eigenvalue weighted by molar-refractivity contribution is 5.48. The van der Waals surface area contributed by atoms with E-state index in [0.29, 0.717) is 0 Å². The lowest BCUT2D eigenvalue weighted by Crippen LogP contribution is -2.16. The second-order valence-corrected chi connectivity index (χ2v) is 5.10. The van der Waals surface area contributed by atoms with Crippen LogP contribution in [0, 0.1) is 0 Å². The molecule has 1 rings (SSSR count). The number of hydrogen-bond donors (Lipinski definition) is 0. The fourth-order valence-electron chi connectivity index (χ4n) is 2.04. The Hall–Kier alpha value is -1.28. The van der Waals surface area contributed by atoms with Crippen molar-refractivity contribution in [3.05, 3.63) is 36.4 Å². The highest BCUT2D eigenvalue weighted by Gasteiger charge is 2.03. The summed E-state index contributed by atoms with van der Waals surface area (Å²) in [6.07, 6.45) is 9.30. The minimum atomic E-state index is -0.194. The molecule has 2 heteroatoms. The van der Waals surface area contributed by atoms with Crippen LogP contribution in [-0.2, 0) is 4.74 Å². The molecule has 0 saturated carbocycles. The fraction of sp³-hybridized carbons (Fsp3) is 0.556. The van der Waals surface area contributed by atoms with E-state index in [4.69, 9.17) is 9.47 Å². The van der Waals surface area contributed by atoms with Crippen LogP contribution in [0.3, 0.4) is 0 Å². The molecule has 2 nitrogen and oxygen atoms in total. The first-order valence-electron chi connectivity index (χ1n) is 7.77. The summed E-state index contributed by atoms with van der Waals surface area (Å²) in [6.45, 7) is 8.69. The Bertz CT molecular complexity index is 356. The van der Waals surface area contributed by atoms with Gasteiger partial charge in [0.05, 0.1) is 6.61 Å². The summed E-state index contributed by atoms with van der Waals surface area (Å²) in [5.74, 6) is 0.839. The van der Waals surface area contributed by atoms with Gasteiger partial charge < -0.3 is 9.47 Å². The van der Waals surface area contributed by atoms with E-state index in [9.17, 15) is 0 Å². The Morgan fingerprint density at radius 2 is 1.70 bits per heavy atom. The molecule has 0 saturated heterocycles. The first kappa shape index (κ1) is 16.8. The van der Waals surface area contributed by atoms with E-state index in [-0.39, 0.29) is 6.29 Å². The maximum atomic E-state index is 5.70. The van der Waals surface area contributed by atoms with E-state index in [1.807, 2.05) is 37.3 Å². The Morgan fingerprint density at radius 1 is 1.05 bits per heavy atom. The number of ether oxygens (including phenoxy) is 2. The molecule has 0 aliphatic rings. The van der Waals surface area contributed by atoms with Gasteiger partial charge in [-0.1, -0.05) is 63.8 Å². The van der Waals surface area contributed by atoms with Gasteiger partial charge in [-0.15, -0.1) is 0 Å². The Morgan fingerprint density at radius 3 is 2.35 bits per heavy atom. The van der Waals surface area contributed by atoms with Crippen LogP contribution in [0.1, 0.15) is 57.9 Å². The maximum Gasteiger partial charge on any atom is 0.196 e. The van der Waals surface area contributed by atoms with Crippen LogP contribution in [-0.4, -0.2) is 12.9 Å². The zero-order valence-corrected chi connectivity index (χ0v) is 12.9. The van der Waals surface area contributed by atoms with Gasteiger partial charge in [-0.2, -0.15) is 0 Å². The molecule has 0 aliphatic heterocycles. The first-order valence-corrected chi connectivity index (χ1v) is 7.77. The van der Waals surface area contributed by atoms with Gasteiger partial charge in [0.15, 0.2) is 6.29 Å². The summed E-state index contributed by atoms with van der Waals surface area (Å²) in [7, 11) is 0. The van der Waals surface area contributed by atoms with Crippen molar-refractivity contribution in [3.63, 3.8) is 0 Å². The molecule has 1 atom stereocenters. The molecule has 1 aromatic rings. The average Bonchev–Trinajstić information content (AvgIpc) is 2.47. The lowest BCUT2D eigenvalue weighted by atomic mass is 10.1. The maximum absolute atomic E-state index is 5.70. The highest BCUT2D eigenvalue weighted by Crippen LogP contribution is 2.15. The van der Waals surface area contributed by atoms with Gasteiger partial charge in [0.1, 0.15) is 5.75 Å². The second-order valence-electron chi connectivity index (χ2n) is 5.10. The fourth-order valence-corrected chi connectivity index (χ4v) is 2.04. The normalized spacial score (nSPS) is 12.1. The summed E-state index contributed by atoms with van der Waals surface area (Å²) >= 11 is 0. The van der Waals surface area contributed by atoms with E-state index >= 15 is 0 Å². The Balaban J connectivity index is 2.10. The number of rotatable bonds is 11. The van der Waals surface area contributed by atoms with Crippen molar-refractivity contribution >= 4 is 6.08 Å². The Kier molecular flexibility index (Phi) is 8.81. The molecular weight excluding hydrogens is 248 g/mol. The van der Waals surface area contributed by atoms with E-state index in [1.54, 1.807) is 0 Å². The van der Waals surface area contributed by atoms with Crippen LogP contribution in [0.2, 0.25) is 0 Å². The molecule has 0 radical (unpaired) electrons. The minimum Gasteiger partial charge on any atom is -0.465 e. The number of benzene rings is 1. The molecule has 0 amide bonds. The lowest BCUT2D eigenvalue weighted by Gasteiger charge is -2.15. The van der Waals surface area contributed by atoms with Crippen molar-refractivity contribution in [2.45, 2.75) is 58.7 Å². The molecule has 0 spiro atoms. The van der Waals surface area contributed by atoms with E-state index < -0.39 is 0 Å². The summed E-state index contributed by atoms with van der Waals surface area (Å²) in [5, 5.41) is 0. The summed E-state index contributed by atoms with van der Waals surface area (Å²) in [6, 6.07) is 7.87. The van der Waals surface area contributed by atoms with Gasteiger partial charge in [0.2, 0.25) is 0 Å². The number of hydrogen-bond acceptors (Lipinski definition) is 2. The third kappa shape index (κ3) is 7.34. The van der Waals surface area contributed by atoms with Crippen LogP contribution >= 0.6 is 0 Å². The smallest absolute Gasteiger partial charge is 0.196 e. The molecule has 0 aliphatic carbocycles. The predicted molar refractivity (Wildman–Crippen MR) is 86.0 cm³/mol. The van der Waals surface area contributed by atoms with Crippen LogP contribution in [0.5, 0.6) is 5.75 Å². The van der Waals surface area contributed by atoms with Crippen molar-refractivity contribution in [1.82, 2.24) is 0 Å². The molecule has 1 unspecified atom stereocenters. The van der Waals surface area contributed by atoms with Gasteiger partial charge in [-0.25, -0.2) is 0 Å². The van der Waals surface area contributed by atoms with Gasteiger partial charge in [-0.3, -0.25) is 0 Å². The molecule has 0 aromatic heterocycles. The van der Waals surface area contributed by atoms with Crippen LogP contribution < -0.4 is 4.74 Å². The lowest BCUT2D eigenvalue weighted by molar-refractivity contribution is -0.0677. The van der Waals surface area contributed by atoms with Crippen LogP contribution in [0.15, 0.2) is 30.8 Å². The van der Waals surface area contributed by atoms with Crippen LogP contribution in [0.4, 0.5) is 0 Å². The number of unbranched alkanes of at least 4 members (excludes halogenated alkanes) is 5. The largest absolute Gasteiger partial charge is 0.465 e. The summed E-state index contributed by atoms with van der Waals surface area (Å²) < 4.78 is 11.4. The van der Waals surface area contributed by atoms with Crippen molar-refractivity contribution in [1.29, 1.82) is 0 Å². The summed E-state index contributed by atoms with van der Waals surface area (Å²) in [5.41, 5.74) is 1.10. The monoisotopic (exact) mass is 276 g/mol. The highest BCUT2D eigenvalue weighted by atomic mass is 16.7. The van der Waals surface area contributed by atoms with Gasteiger partial charge in [-0.05, 0) is 31.0 Å². The molecule has 112 valence electrons. The zero-order chi connectivity index (χ0) is 14.6. The molecule has 20 heavy (non-hydrogen) atoms. The molecule has 0 bridgehead atoms. The van der Waals surface area contributed by atoms with Gasteiger partial charge in [0, 0.05) is 0 Å². The minimum absolute atomic E-state index is 0.194. The average molecular weight is 276 g/mol. The predicted octanol–water partition coefficient (Wildman–Crippen LogP) is 5.43. The van der Waals surface area contributed by atoms with E-state index in [0.717, 1.165) is 24.3 Å². The topological polar surface area (TPSA) is 18.5 Å². The summed E-state index contributed by atoms with van der Waals surface area (Å²) in [4.78, 5) is 0. The third-order valence-electron chi connectivity index (χ3n) is 3.27. The third-order valence-corrected chi connectivity index (χ3v) is 3.27. The van der Waals surface area contributed by atoms with Gasteiger partial charge >= 0.3 is 0 Å².